The number of fused-ring (bicyclic) bond motifs is 1. The number of aliphatic imine (C=N–C) groups is 1. The summed E-state index contributed by atoms with van der Waals surface area (Å²) < 4.78 is 11.1. The molecule has 0 atom stereocenters. The summed E-state index contributed by atoms with van der Waals surface area (Å²) in [5.74, 6) is 2.12. The second kappa shape index (κ2) is 9.19. The number of nitrogens with one attached hydrogen (secondary N) is 2. The zero-order valence-corrected chi connectivity index (χ0v) is 15.3. The third kappa shape index (κ3) is 5.10. The molecule has 1 aromatic carbocycles. The molecule has 1 aliphatic heterocycles. The van der Waals surface area contributed by atoms with Crippen molar-refractivity contribution in [2.75, 3.05) is 26.3 Å². The molecule has 0 fully saturated rings. The third-order valence-electron chi connectivity index (χ3n) is 2.76. The van der Waals surface area contributed by atoms with Gasteiger partial charge >= 0.3 is 0 Å². The van der Waals surface area contributed by atoms with Gasteiger partial charge in [0.15, 0.2) is 17.5 Å². The molecule has 0 unspecified atom stereocenters. The number of nitrogens with zero attached hydrogens (tertiary/aromatic N) is 1. The quantitative estimate of drug-likeness (QED) is 0.442. The molecule has 5 nitrogen and oxygen atoms in total. The Balaban J connectivity index is 0.00000220. The highest BCUT2D eigenvalue weighted by molar-refractivity contribution is 14.0. The van der Waals surface area contributed by atoms with E-state index in [1.54, 1.807) is 0 Å². The Morgan fingerprint density at radius 2 is 1.86 bits per heavy atom. The van der Waals surface area contributed by atoms with Crippen LogP contribution in [0.3, 0.4) is 0 Å². The van der Waals surface area contributed by atoms with Gasteiger partial charge in [-0.05, 0) is 31.5 Å². The molecule has 0 amide bonds. The van der Waals surface area contributed by atoms with E-state index in [1.807, 2.05) is 26.0 Å². The van der Waals surface area contributed by atoms with Crippen LogP contribution in [0, 0.1) is 0 Å². The van der Waals surface area contributed by atoms with Crippen LogP contribution in [0.5, 0.6) is 11.5 Å². The van der Waals surface area contributed by atoms with Gasteiger partial charge in [-0.1, -0.05) is 11.6 Å². The first-order valence-electron chi connectivity index (χ1n) is 6.84. The van der Waals surface area contributed by atoms with Crippen LogP contribution in [0.15, 0.2) is 17.1 Å². The average molecular weight is 426 g/mol. The van der Waals surface area contributed by atoms with Gasteiger partial charge in [-0.3, -0.25) is 0 Å². The minimum atomic E-state index is 0. The first-order chi connectivity index (χ1) is 9.74. The summed E-state index contributed by atoms with van der Waals surface area (Å²) >= 11 is 6.20. The van der Waals surface area contributed by atoms with E-state index in [2.05, 4.69) is 15.6 Å². The fraction of sp³-hybridized carbons (Fsp3) is 0.500. The zero-order valence-electron chi connectivity index (χ0n) is 12.2. The van der Waals surface area contributed by atoms with Crippen LogP contribution >= 0.6 is 35.6 Å². The van der Waals surface area contributed by atoms with Crippen molar-refractivity contribution in [3.63, 3.8) is 0 Å². The smallest absolute Gasteiger partial charge is 0.191 e. The standard InChI is InChI=1S/C14H20ClN3O2.HI/c1-3-16-14(17-4-2)18-9-10-7-11(15)13-12(8-10)19-5-6-20-13;/h7-8H,3-6,9H2,1-2H3,(H2,16,17,18);1H. The Kier molecular flexibility index (Phi) is 7.95. The molecule has 0 saturated heterocycles. The monoisotopic (exact) mass is 425 g/mol. The van der Waals surface area contributed by atoms with Crippen molar-refractivity contribution in [3.8, 4) is 11.5 Å². The molecular weight excluding hydrogens is 405 g/mol. The van der Waals surface area contributed by atoms with Crippen molar-refractivity contribution in [2.24, 2.45) is 4.99 Å². The summed E-state index contributed by atoms with van der Waals surface area (Å²) in [5.41, 5.74) is 0.993. The van der Waals surface area contributed by atoms with E-state index in [0.29, 0.717) is 36.3 Å². The van der Waals surface area contributed by atoms with E-state index in [-0.39, 0.29) is 24.0 Å². The van der Waals surface area contributed by atoms with Crippen LogP contribution in [0.1, 0.15) is 19.4 Å². The van der Waals surface area contributed by atoms with Gasteiger partial charge in [0.1, 0.15) is 13.2 Å². The van der Waals surface area contributed by atoms with Gasteiger partial charge in [-0.15, -0.1) is 24.0 Å². The largest absolute Gasteiger partial charge is 0.486 e. The molecule has 0 bridgehead atoms. The van der Waals surface area contributed by atoms with Gasteiger partial charge in [0, 0.05) is 13.1 Å². The van der Waals surface area contributed by atoms with E-state index >= 15 is 0 Å². The second-order valence-corrected chi connectivity index (χ2v) is 4.73. The Morgan fingerprint density at radius 3 is 2.52 bits per heavy atom. The van der Waals surface area contributed by atoms with Gasteiger partial charge in [0.2, 0.25) is 0 Å². The predicted octanol–water partition coefficient (Wildman–Crippen LogP) is 2.80. The molecular formula is C14H21ClIN3O2. The lowest BCUT2D eigenvalue weighted by atomic mass is 10.2. The fourth-order valence-electron chi connectivity index (χ4n) is 1.94. The van der Waals surface area contributed by atoms with Crippen LogP contribution < -0.4 is 20.1 Å². The van der Waals surface area contributed by atoms with Gasteiger partial charge in [0.05, 0.1) is 11.6 Å². The number of hydrogen-bond acceptors (Lipinski definition) is 3. The SMILES string of the molecule is CCNC(=NCc1cc(Cl)c2c(c1)OCCO2)NCC.I. The van der Waals surface area contributed by atoms with Crippen molar-refractivity contribution < 1.29 is 9.47 Å². The van der Waals surface area contributed by atoms with Crippen molar-refractivity contribution in [1.29, 1.82) is 0 Å². The molecule has 1 aromatic rings. The lowest BCUT2D eigenvalue weighted by Crippen LogP contribution is -2.36. The van der Waals surface area contributed by atoms with Crippen molar-refractivity contribution in [2.45, 2.75) is 20.4 Å². The molecule has 0 aromatic heterocycles. The number of rotatable bonds is 4. The summed E-state index contributed by atoms with van der Waals surface area (Å²) in [4.78, 5) is 4.50. The highest BCUT2D eigenvalue weighted by Gasteiger charge is 2.16. The molecule has 118 valence electrons. The van der Waals surface area contributed by atoms with E-state index < -0.39 is 0 Å². The Morgan fingerprint density at radius 1 is 1.19 bits per heavy atom. The minimum Gasteiger partial charge on any atom is -0.486 e. The van der Waals surface area contributed by atoms with Crippen LogP contribution in [-0.2, 0) is 6.54 Å². The Bertz CT molecular complexity index is 489. The maximum absolute atomic E-state index is 6.20. The molecule has 21 heavy (non-hydrogen) atoms. The number of benzene rings is 1. The van der Waals surface area contributed by atoms with Crippen LogP contribution in [0.2, 0.25) is 5.02 Å². The summed E-state index contributed by atoms with van der Waals surface area (Å²) in [6, 6.07) is 3.80. The van der Waals surface area contributed by atoms with Gasteiger partial charge < -0.3 is 20.1 Å². The van der Waals surface area contributed by atoms with Crippen molar-refractivity contribution in [1.82, 2.24) is 10.6 Å². The minimum absolute atomic E-state index is 0. The van der Waals surface area contributed by atoms with Crippen LogP contribution in [0.4, 0.5) is 0 Å². The van der Waals surface area contributed by atoms with Gasteiger partial charge in [0.25, 0.3) is 0 Å². The normalized spacial score (nSPS) is 12.1. The first kappa shape index (κ1) is 18.2. The summed E-state index contributed by atoms with van der Waals surface area (Å²) in [6.07, 6.45) is 0. The number of ether oxygens (including phenoxy) is 2. The Labute approximate surface area is 147 Å². The van der Waals surface area contributed by atoms with Gasteiger partial charge in [-0.2, -0.15) is 0 Å². The molecule has 1 aliphatic rings. The highest BCUT2D eigenvalue weighted by atomic mass is 127. The lowest BCUT2D eigenvalue weighted by Gasteiger charge is -2.20. The average Bonchev–Trinajstić information content (AvgIpc) is 2.45. The van der Waals surface area contributed by atoms with E-state index in [1.165, 1.54) is 0 Å². The highest BCUT2D eigenvalue weighted by Crippen LogP contribution is 2.38. The van der Waals surface area contributed by atoms with Crippen molar-refractivity contribution >= 4 is 41.5 Å². The first-order valence-corrected chi connectivity index (χ1v) is 7.22. The van der Waals surface area contributed by atoms with E-state index in [0.717, 1.165) is 24.6 Å². The predicted molar refractivity (Wildman–Crippen MR) is 96.3 cm³/mol. The summed E-state index contributed by atoms with van der Waals surface area (Å²) in [6.45, 7) is 7.35. The maximum Gasteiger partial charge on any atom is 0.191 e. The van der Waals surface area contributed by atoms with E-state index in [9.17, 15) is 0 Å². The van der Waals surface area contributed by atoms with E-state index in [4.69, 9.17) is 21.1 Å². The summed E-state index contributed by atoms with van der Waals surface area (Å²) in [5, 5.41) is 6.93. The molecule has 7 heteroatoms. The molecule has 0 aliphatic carbocycles. The molecule has 1 heterocycles. The molecule has 0 saturated carbocycles. The van der Waals surface area contributed by atoms with Crippen LogP contribution in [-0.4, -0.2) is 32.3 Å². The van der Waals surface area contributed by atoms with Gasteiger partial charge in [-0.25, -0.2) is 4.99 Å². The molecule has 0 radical (unpaired) electrons. The second-order valence-electron chi connectivity index (χ2n) is 4.33. The number of halogens is 2. The topological polar surface area (TPSA) is 54.9 Å². The molecule has 0 spiro atoms. The zero-order chi connectivity index (χ0) is 14.4. The fourth-order valence-corrected chi connectivity index (χ4v) is 2.22. The lowest BCUT2D eigenvalue weighted by molar-refractivity contribution is 0.171. The Hall–Kier alpha value is -0.890. The maximum atomic E-state index is 6.20. The molecule has 2 N–H and O–H groups in total. The number of hydrogen-bond donors (Lipinski definition) is 2. The third-order valence-corrected chi connectivity index (χ3v) is 3.05. The van der Waals surface area contributed by atoms with Crippen molar-refractivity contribution in [3.05, 3.63) is 22.7 Å². The molecule has 2 rings (SSSR count). The summed E-state index contributed by atoms with van der Waals surface area (Å²) in [7, 11) is 0. The number of guanidine groups is 1. The van der Waals surface area contributed by atoms with Crippen LogP contribution in [0.25, 0.3) is 0 Å².